The first kappa shape index (κ1) is 29.8. The predicted octanol–water partition coefficient (Wildman–Crippen LogP) is 5.40. The lowest BCUT2D eigenvalue weighted by molar-refractivity contribution is -0.615. The van der Waals surface area contributed by atoms with Gasteiger partial charge in [-0.15, -0.1) is 5.10 Å². The highest BCUT2D eigenvalue weighted by atomic mass is 35.5. The Morgan fingerprint density at radius 2 is 1.73 bits per heavy atom. The van der Waals surface area contributed by atoms with Crippen molar-refractivity contribution in [3.8, 4) is 27.9 Å². The van der Waals surface area contributed by atoms with Crippen molar-refractivity contribution < 1.29 is 22.7 Å². The van der Waals surface area contributed by atoms with E-state index >= 15 is 4.39 Å². The predicted molar refractivity (Wildman–Crippen MR) is 157 cm³/mol. The second kappa shape index (κ2) is 12.1. The minimum atomic E-state index is -2.85. The second-order valence-electron chi connectivity index (χ2n) is 9.85. The average Bonchev–Trinajstić information content (AvgIpc) is 3.79. The molecule has 2 aromatic carbocycles. The number of amides is 1. The fourth-order valence-corrected chi connectivity index (χ4v) is 5.16. The van der Waals surface area contributed by atoms with Gasteiger partial charge in [0.05, 0.1) is 39.9 Å². The Balaban J connectivity index is 1.42. The third kappa shape index (κ3) is 5.97. The van der Waals surface area contributed by atoms with Crippen molar-refractivity contribution in [2.24, 2.45) is 5.73 Å². The number of hydrogen-bond donors (Lipinski definition) is 1. The Morgan fingerprint density at radius 3 is 2.38 bits per heavy atom. The van der Waals surface area contributed by atoms with E-state index in [0.717, 1.165) is 11.8 Å². The second-order valence-corrected chi connectivity index (χ2v) is 10.6. The molecule has 2 N–H and O–H groups in total. The number of carbonyl (C=O) groups is 1. The van der Waals surface area contributed by atoms with Crippen molar-refractivity contribution in [1.29, 1.82) is 0 Å². The highest BCUT2D eigenvalue weighted by molar-refractivity contribution is 6.31. The molecule has 0 saturated carbocycles. The van der Waals surface area contributed by atoms with Crippen molar-refractivity contribution >= 4 is 29.1 Å². The molecule has 0 unspecified atom stereocenters. The van der Waals surface area contributed by atoms with Crippen LogP contribution in [0.5, 0.6) is 0 Å². The SMILES string of the molecule is NC(=O)c1ccc(-c2cnn([C@H](Cc3ccn(C(F)F)n3)c3ccc(-c4c(-n5cc(Cl)nn5)ccc(Cl)c4F)c[n+]3[O-])c2)cc1. The molecular weight excluding hydrogens is 634 g/mol. The van der Waals surface area contributed by atoms with E-state index in [-0.39, 0.29) is 44.8 Å². The van der Waals surface area contributed by atoms with E-state index in [9.17, 15) is 18.8 Å². The van der Waals surface area contributed by atoms with Gasteiger partial charge in [0.15, 0.2) is 17.2 Å². The van der Waals surface area contributed by atoms with E-state index in [1.54, 1.807) is 36.7 Å². The van der Waals surface area contributed by atoms with Crippen LogP contribution in [0.15, 0.2) is 85.6 Å². The molecule has 6 aromatic rings. The zero-order valence-electron chi connectivity index (χ0n) is 22.8. The van der Waals surface area contributed by atoms with Gasteiger partial charge in [-0.2, -0.15) is 23.7 Å². The summed E-state index contributed by atoms with van der Waals surface area (Å²) in [6, 6.07) is 13.0. The first-order valence-electron chi connectivity index (χ1n) is 13.2. The summed E-state index contributed by atoms with van der Waals surface area (Å²) in [7, 11) is 0. The number of rotatable bonds is 9. The van der Waals surface area contributed by atoms with Gasteiger partial charge >= 0.3 is 6.55 Å². The number of nitrogens with zero attached hydrogens (tertiary/aromatic N) is 8. The van der Waals surface area contributed by atoms with Crippen molar-refractivity contribution in [1.82, 2.24) is 34.6 Å². The molecular formula is C29H20Cl2F3N9O2. The highest BCUT2D eigenvalue weighted by Crippen LogP contribution is 2.34. The molecule has 0 saturated heterocycles. The molecule has 0 radical (unpaired) electrons. The molecule has 1 amide bonds. The van der Waals surface area contributed by atoms with Crippen LogP contribution in [0.3, 0.4) is 0 Å². The summed E-state index contributed by atoms with van der Waals surface area (Å²) < 4.78 is 45.8. The molecule has 45 heavy (non-hydrogen) atoms. The van der Waals surface area contributed by atoms with Crippen LogP contribution >= 0.6 is 23.2 Å². The lowest BCUT2D eigenvalue weighted by Gasteiger charge is -2.18. The highest BCUT2D eigenvalue weighted by Gasteiger charge is 2.27. The van der Waals surface area contributed by atoms with Gasteiger partial charge in [-0.1, -0.05) is 40.5 Å². The molecule has 11 nitrogen and oxygen atoms in total. The number of benzene rings is 2. The molecule has 228 valence electrons. The van der Waals surface area contributed by atoms with E-state index in [1.807, 2.05) is 0 Å². The topological polar surface area (TPSA) is 136 Å². The van der Waals surface area contributed by atoms with Crippen LogP contribution in [0.2, 0.25) is 10.2 Å². The summed E-state index contributed by atoms with van der Waals surface area (Å²) in [4.78, 5) is 11.5. The monoisotopic (exact) mass is 653 g/mol. The van der Waals surface area contributed by atoms with Crippen LogP contribution in [-0.4, -0.2) is 40.5 Å². The Bertz CT molecular complexity index is 2030. The van der Waals surface area contributed by atoms with Gasteiger partial charge in [0.2, 0.25) is 11.6 Å². The Morgan fingerprint density at radius 1 is 0.978 bits per heavy atom. The Kier molecular flexibility index (Phi) is 7.99. The van der Waals surface area contributed by atoms with Gasteiger partial charge in [0.1, 0.15) is 6.04 Å². The smallest absolute Gasteiger partial charge is 0.333 e. The van der Waals surface area contributed by atoms with E-state index in [1.165, 1.54) is 52.1 Å². The molecule has 0 fully saturated rings. The zero-order valence-corrected chi connectivity index (χ0v) is 24.3. The zero-order chi connectivity index (χ0) is 31.8. The maximum Gasteiger partial charge on any atom is 0.333 e. The third-order valence-corrected chi connectivity index (χ3v) is 7.51. The van der Waals surface area contributed by atoms with Crippen LogP contribution < -0.4 is 10.5 Å². The van der Waals surface area contributed by atoms with E-state index in [4.69, 9.17) is 28.9 Å². The fraction of sp³-hybridized carbons (Fsp3) is 0.103. The largest absolute Gasteiger partial charge is 0.618 e. The summed E-state index contributed by atoms with van der Waals surface area (Å²) in [6.45, 7) is -2.85. The number of alkyl halides is 2. The minimum Gasteiger partial charge on any atom is -0.618 e. The molecule has 0 aliphatic carbocycles. The Hall–Kier alpha value is -5.21. The number of nitrogens with two attached hydrogens (primary N) is 1. The van der Waals surface area contributed by atoms with Crippen LogP contribution in [0, 0.1) is 11.0 Å². The quantitative estimate of drug-likeness (QED) is 0.164. The van der Waals surface area contributed by atoms with Gasteiger partial charge < -0.3 is 10.9 Å². The maximum atomic E-state index is 15.4. The van der Waals surface area contributed by atoms with Gasteiger partial charge in [0, 0.05) is 36.0 Å². The molecule has 0 aliphatic rings. The summed E-state index contributed by atoms with van der Waals surface area (Å²) in [5.74, 6) is -1.36. The molecule has 16 heteroatoms. The van der Waals surface area contributed by atoms with Crippen molar-refractivity contribution in [3.05, 3.63) is 124 Å². The number of pyridine rings is 1. The number of aromatic nitrogens is 8. The van der Waals surface area contributed by atoms with Crippen molar-refractivity contribution in [2.45, 2.75) is 19.0 Å². The summed E-state index contributed by atoms with van der Waals surface area (Å²) in [6.07, 6.45) is 6.93. The molecule has 4 heterocycles. The molecule has 0 spiro atoms. The van der Waals surface area contributed by atoms with Gasteiger partial charge in [-0.25, -0.2) is 13.8 Å². The maximum absolute atomic E-state index is 15.4. The first-order chi connectivity index (χ1) is 21.6. The van der Waals surface area contributed by atoms with Crippen LogP contribution in [-0.2, 0) is 6.42 Å². The third-order valence-electron chi connectivity index (χ3n) is 7.05. The number of primary amides is 1. The van der Waals surface area contributed by atoms with Crippen molar-refractivity contribution in [3.63, 3.8) is 0 Å². The summed E-state index contributed by atoms with van der Waals surface area (Å²) >= 11 is 12.0. The molecule has 1 atom stereocenters. The fourth-order valence-electron chi connectivity index (χ4n) is 4.88. The number of halogens is 5. The lowest BCUT2D eigenvalue weighted by atomic mass is 10.0. The number of carbonyl (C=O) groups excluding carboxylic acids is 1. The Labute approximate surface area is 262 Å². The first-order valence-corrected chi connectivity index (χ1v) is 13.9. The minimum absolute atomic E-state index is 0.0112. The van der Waals surface area contributed by atoms with Gasteiger partial charge in [-0.3, -0.25) is 9.48 Å². The summed E-state index contributed by atoms with van der Waals surface area (Å²) in [5.41, 5.74) is 7.87. The van der Waals surface area contributed by atoms with Crippen LogP contribution in [0.1, 0.15) is 34.3 Å². The lowest BCUT2D eigenvalue weighted by Crippen LogP contribution is -2.36. The summed E-state index contributed by atoms with van der Waals surface area (Å²) in [5, 5.41) is 29.5. The molecule has 0 aliphatic heterocycles. The molecule has 0 bridgehead atoms. The molecule has 4 aromatic heterocycles. The normalized spacial score (nSPS) is 12.1. The van der Waals surface area contributed by atoms with Crippen LogP contribution in [0.4, 0.5) is 13.2 Å². The van der Waals surface area contributed by atoms with Crippen LogP contribution in [0.25, 0.3) is 27.9 Å². The standard InChI is InChI=1S/C29H20Cl2F3N9O2/c30-21-6-8-23(42-15-25(31)37-39-42)26(27(21)32)18-5-7-22(43(45)14-18)24(11-20-9-10-40(38-20)29(33)34)41-13-19(12-36-41)16-1-3-17(4-2-16)28(35)44/h1-10,12-15,24,29H,11H2,(H2,35,44)/t24-/m1/s1. The van der Waals surface area contributed by atoms with Gasteiger partial charge in [-0.05, 0) is 42.0 Å². The number of hydrogen-bond acceptors (Lipinski definition) is 6. The van der Waals surface area contributed by atoms with E-state index < -0.39 is 24.3 Å². The van der Waals surface area contributed by atoms with Gasteiger partial charge in [0.25, 0.3) is 0 Å². The molecule has 6 rings (SSSR count). The average molecular weight is 654 g/mol. The van der Waals surface area contributed by atoms with E-state index in [2.05, 4.69) is 20.5 Å². The van der Waals surface area contributed by atoms with E-state index in [0.29, 0.717) is 20.5 Å². The van der Waals surface area contributed by atoms with Crippen molar-refractivity contribution in [2.75, 3.05) is 0 Å².